The molecule has 0 aromatic carbocycles. The van der Waals surface area contributed by atoms with Crippen LogP contribution in [0.4, 0.5) is 0 Å². The van der Waals surface area contributed by atoms with Gasteiger partial charge < -0.3 is 5.73 Å². The average Bonchev–Trinajstić information content (AvgIpc) is 1.85. The highest BCUT2D eigenvalue weighted by Gasteiger charge is 2.06. The topological polar surface area (TPSA) is 41.6 Å². The number of aliphatic imine (C=N–C) groups is 1. The van der Waals surface area contributed by atoms with Gasteiger partial charge in [0, 0.05) is 18.8 Å². The van der Waals surface area contributed by atoms with Gasteiger partial charge in [-0.25, -0.2) is 0 Å². The highest BCUT2D eigenvalue weighted by atomic mass is 15.1. The minimum atomic E-state index is 0.832. The fourth-order valence-corrected chi connectivity index (χ4v) is 1.12. The molecule has 62 valence electrons. The molecule has 0 unspecified atom stereocenters. The number of allylic oxidation sites excluding steroid dienone is 1. The van der Waals surface area contributed by atoms with Crippen molar-refractivity contribution < 1.29 is 0 Å². The van der Waals surface area contributed by atoms with E-state index in [0.29, 0.717) is 0 Å². The highest BCUT2D eigenvalue weighted by Crippen LogP contribution is 1.96. The number of hydrogen-bond donors (Lipinski definition) is 1. The first-order chi connectivity index (χ1) is 5.18. The van der Waals surface area contributed by atoms with E-state index in [-0.39, 0.29) is 0 Å². The van der Waals surface area contributed by atoms with E-state index < -0.39 is 0 Å². The van der Waals surface area contributed by atoms with Gasteiger partial charge in [0.25, 0.3) is 0 Å². The molecule has 1 aliphatic heterocycles. The molecule has 1 rings (SSSR count). The van der Waals surface area contributed by atoms with Crippen molar-refractivity contribution in [2.24, 2.45) is 10.7 Å². The van der Waals surface area contributed by atoms with Crippen molar-refractivity contribution in [1.29, 1.82) is 0 Å². The molecule has 3 heteroatoms. The summed E-state index contributed by atoms with van der Waals surface area (Å²) in [5, 5.41) is 0. The Balaban J connectivity index is 2.58. The van der Waals surface area contributed by atoms with Gasteiger partial charge in [-0.15, -0.1) is 0 Å². The van der Waals surface area contributed by atoms with Crippen LogP contribution in [0, 0.1) is 0 Å². The van der Waals surface area contributed by atoms with Gasteiger partial charge in [0.05, 0.1) is 12.3 Å². The van der Waals surface area contributed by atoms with Crippen molar-refractivity contribution in [2.45, 2.75) is 6.92 Å². The summed E-state index contributed by atoms with van der Waals surface area (Å²) < 4.78 is 0. The van der Waals surface area contributed by atoms with E-state index >= 15 is 0 Å². The van der Waals surface area contributed by atoms with E-state index in [9.17, 15) is 0 Å². The molecule has 11 heavy (non-hydrogen) atoms. The van der Waals surface area contributed by atoms with Gasteiger partial charge in [-0.2, -0.15) is 0 Å². The largest absolute Gasteiger partial charge is 0.402 e. The Bertz CT molecular complexity index is 190. The van der Waals surface area contributed by atoms with Crippen LogP contribution >= 0.6 is 0 Å². The lowest BCUT2D eigenvalue weighted by Crippen LogP contribution is -2.32. The monoisotopic (exact) mass is 153 g/mol. The van der Waals surface area contributed by atoms with E-state index in [4.69, 9.17) is 5.73 Å². The Labute approximate surface area is 67.6 Å². The van der Waals surface area contributed by atoms with Crippen LogP contribution in [0.1, 0.15) is 6.92 Å². The lowest BCUT2D eigenvalue weighted by atomic mass is 10.2. The molecule has 0 saturated carbocycles. The van der Waals surface area contributed by atoms with Crippen molar-refractivity contribution in [2.75, 3.05) is 26.7 Å². The molecular weight excluding hydrogens is 138 g/mol. The molecule has 0 fully saturated rings. The quantitative estimate of drug-likeness (QED) is 0.586. The summed E-state index contributed by atoms with van der Waals surface area (Å²) in [6, 6.07) is 0. The molecule has 0 bridgehead atoms. The maximum atomic E-state index is 5.53. The molecule has 0 atom stereocenters. The summed E-state index contributed by atoms with van der Waals surface area (Å²) in [5.74, 6) is 0. The maximum Gasteiger partial charge on any atom is 0.0520 e. The maximum absolute atomic E-state index is 5.53. The Kier molecular flexibility index (Phi) is 2.65. The van der Waals surface area contributed by atoms with Crippen LogP contribution in [0.2, 0.25) is 0 Å². The SMILES string of the molecule is CC(N)=CC1=NCCN(C)C1. The highest BCUT2D eigenvalue weighted by molar-refractivity contribution is 5.97. The van der Waals surface area contributed by atoms with Crippen molar-refractivity contribution >= 4 is 5.71 Å². The normalized spacial score (nSPS) is 21.6. The molecule has 0 spiro atoms. The lowest BCUT2D eigenvalue weighted by molar-refractivity contribution is 0.379. The Hall–Kier alpha value is -0.830. The van der Waals surface area contributed by atoms with Crippen LogP contribution in [0.15, 0.2) is 16.8 Å². The third-order valence-corrected chi connectivity index (χ3v) is 1.62. The molecular formula is C8H15N3. The summed E-state index contributed by atoms with van der Waals surface area (Å²) in [7, 11) is 2.09. The Morgan fingerprint density at radius 3 is 3.00 bits per heavy atom. The number of nitrogens with zero attached hydrogens (tertiary/aromatic N) is 2. The van der Waals surface area contributed by atoms with E-state index in [1.54, 1.807) is 0 Å². The van der Waals surface area contributed by atoms with Gasteiger partial charge in [0.2, 0.25) is 0 Å². The molecule has 1 aliphatic rings. The summed E-state index contributed by atoms with van der Waals surface area (Å²) in [6.45, 7) is 4.77. The van der Waals surface area contributed by atoms with Crippen LogP contribution in [0.25, 0.3) is 0 Å². The smallest absolute Gasteiger partial charge is 0.0520 e. The average molecular weight is 153 g/mol. The minimum Gasteiger partial charge on any atom is -0.402 e. The van der Waals surface area contributed by atoms with Gasteiger partial charge in [-0.1, -0.05) is 0 Å². The first-order valence-electron chi connectivity index (χ1n) is 3.84. The summed E-state index contributed by atoms with van der Waals surface area (Å²) in [6.07, 6.45) is 1.94. The van der Waals surface area contributed by atoms with E-state index in [1.807, 2.05) is 13.0 Å². The Morgan fingerprint density at radius 2 is 2.45 bits per heavy atom. The molecule has 1 heterocycles. The zero-order valence-corrected chi connectivity index (χ0v) is 7.17. The standard InChI is InChI=1S/C8H15N3/c1-7(9)5-8-6-11(2)4-3-10-8/h5H,3-4,6,9H2,1-2H3. The fraction of sp³-hybridized carbons (Fsp3) is 0.625. The molecule has 0 aliphatic carbocycles. The molecule has 0 aromatic heterocycles. The van der Waals surface area contributed by atoms with Crippen LogP contribution in [-0.4, -0.2) is 37.3 Å². The summed E-state index contributed by atoms with van der Waals surface area (Å²) in [5.41, 5.74) is 7.46. The molecule has 0 saturated heterocycles. The number of rotatable bonds is 1. The van der Waals surface area contributed by atoms with Crippen molar-refractivity contribution in [3.8, 4) is 0 Å². The first-order valence-corrected chi connectivity index (χ1v) is 3.84. The molecule has 0 aromatic rings. The van der Waals surface area contributed by atoms with Crippen LogP contribution in [0.3, 0.4) is 0 Å². The fourth-order valence-electron chi connectivity index (χ4n) is 1.12. The van der Waals surface area contributed by atoms with Gasteiger partial charge in [0.15, 0.2) is 0 Å². The van der Waals surface area contributed by atoms with Crippen molar-refractivity contribution in [3.63, 3.8) is 0 Å². The molecule has 3 nitrogen and oxygen atoms in total. The summed E-state index contributed by atoms with van der Waals surface area (Å²) in [4.78, 5) is 6.58. The first kappa shape index (κ1) is 8.27. The van der Waals surface area contributed by atoms with E-state index in [1.165, 1.54) is 0 Å². The van der Waals surface area contributed by atoms with Gasteiger partial charge in [-0.05, 0) is 20.0 Å². The zero-order chi connectivity index (χ0) is 8.27. The number of likely N-dealkylation sites (N-methyl/N-ethyl adjacent to an activating group) is 1. The second-order valence-electron chi connectivity index (χ2n) is 3.00. The van der Waals surface area contributed by atoms with Gasteiger partial charge >= 0.3 is 0 Å². The lowest BCUT2D eigenvalue weighted by Gasteiger charge is -2.20. The minimum absolute atomic E-state index is 0.832. The van der Waals surface area contributed by atoms with Crippen LogP contribution < -0.4 is 5.73 Å². The third kappa shape index (κ3) is 2.72. The predicted molar refractivity (Wildman–Crippen MR) is 47.7 cm³/mol. The number of nitrogens with two attached hydrogens (primary N) is 1. The van der Waals surface area contributed by atoms with E-state index in [2.05, 4.69) is 16.9 Å². The van der Waals surface area contributed by atoms with E-state index in [0.717, 1.165) is 31.0 Å². The molecule has 0 radical (unpaired) electrons. The van der Waals surface area contributed by atoms with Gasteiger partial charge in [0.1, 0.15) is 0 Å². The Morgan fingerprint density at radius 1 is 1.73 bits per heavy atom. The van der Waals surface area contributed by atoms with Crippen LogP contribution in [-0.2, 0) is 0 Å². The molecule has 2 N–H and O–H groups in total. The second-order valence-corrected chi connectivity index (χ2v) is 3.00. The second kappa shape index (κ2) is 3.53. The molecule has 0 amide bonds. The van der Waals surface area contributed by atoms with Crippen LogP contribution in [0.5, 0.6) is 0 Å². The number of hydrogen-bond acceptors (Lipinski definition) is 3. The van der Waals surface area contributed by atoms with Gasteiger partial charge in [-0.3, -0.25) is 9.89 Å². The van der Waals surface area contributed by atoms with Crippen molar-refractivity contribution in [3.05, 3.63) is 11.8 Å². The predicted octanol–water partition coefficient (Wildman–Crippen LogP) is 0.235. The van der Waals surface area contributed by atoms with Crippen molar-refractivity contribution in [1.82, 2.24) is 4.90 Å². The summed E-state index contributed by atoms with van der Waals surface area (Å²) >= 11 is 0. The third-order valence-electron chi connectivity index (χ3n) is 1.62. The zero-order valence-electron chi connectivity index (χ0n) is 7.17.